The van der Waals surface area contributed by atoms with Crippen LogP contribution in [0.3, 0.4) is 0 Å². The first-order valence-electron chi connectivity index (χ1n) is 10.4. The molecule has 0 spiro atoms. The number of ketones is 1. The number of rotatable bonds is 5. The number of aromatic nitrogens is 1. The summed E-state index contributed by atoms with van der Waals surface area (Å²) < 4.78 is 7.24. The maximum absolute atomic E-state index is 13.1. The van der Waals surface area contributed by atoms with Crippen molar-refractivity contribution in [2.24, 2.45) is 7.05 Å². The molecule has 1 aromatic heterocycles. The summed E-state index contributed by atoms with van der Waals surface area (Å²) in [5.41, 5.74) is 3.23. The van der Waals surface area contributed by atoms with Gasteiger partial charge in [0.05, 0.1) is 18.7 Å². The number of nitrogens with zero attached hydrogens (tertiary/aromatic N) is 2. The number of carbonyl (C=O) groups is 2. The van der Waals surface area contributed by atoms with E-state index in [0.29, 0.717) is 24.3 Å². The van der Waals surface area contributed by atoms with Crippen LogP contribution in [0.5, 0.6) is 5.75 Å². The Morgan fingerprint density at radius 2 is 1.90 bits per heavy atom. The first-order chi connectivity index (χ1) is 14.9. The summed E-state index contributed by atoms with van der Waals surface area (Å²) in [6.45, 7) is 4.23. The highest BCUT2D eigenvalue weighted by molar-refractivity contribution is 6.46. The fourth-order valence-electron chi connectivity index (χ4n) is 4.44. The number of aliphatic hydroxyl groups excluding tert-OH is 1. The van der Waals surface area contributed by atoms with Crippen molar-refractivity contribution in [3.05, 3.63) is 70.9 Å². The Morgan fingerprint density at radius 3 is 2.58 bits per heavy atom. The first kappa shape index (κ1) is 20.7. The van der Waals surface area contributed by atoms with Gasteiger partial charge in [-0.25, -0.2) is 0 Å². The Hall–Kier alpha value is -3.54. The molecule has 0 saturated carbocycles. The molecule has 0 radical (unpaired) electrons. The lowest BCUT2D eigenvalue weighted by Crippen LogP contribution is -2.30. The number of aliphatic hydroxyl groups is 1. The summed E-state index contributed by atoms with van der Waals surface area (Å²) >= 11 is 0. The summed E-state index contributed by atoms with van der Waals surface area (Å²) in [4.78, 5) is 27.7. The Labute approximate surface area is 181 Å². The van der Waals surface area contributed by atoms with Crippen LogP contribution in [0.15, 0.2) is 54.2 Å². The Bertz CT molecular complexity index is 1220. The van der Waals surface area contributed by atoms with Gasteiger partial charge in [0, 0.05) is 41.8 Å². The van der Waals surface area contributed by atoms with Crippen LogP contribution in [0.25, 0.3) is 16.7 Å². The molecule has 1 aliphatic rings. The molecule has 1 fully saturated rings. The van der Waals surface area contributed by atoms with E-state index in [2.05, 4.69) is 0 Å². The number of aryl methyl sites for hydroxylation is 2. The molecule has 160 valence electrons. The Kier molecular flexibility index (Phi) is 5.31. The molecule has 0 bridgehead atoms. The summed E-state index contributed by atoms with van der Waals surface area (Å²) in [7, 11) is 3.51. The highest BCUT2D eigenvalue weighted by atomic mass is 16.5. The van der Waals surface area contributed by atoms with Gasteiger partial charge in [-0.05, 0) is 43.2 Å². The van der Waals surface area contributed by atoms with E-state index in [-0.39, 0.29) is 11.3 Å². The number of Topliss-reactive ketones (excluding diaryl/α,β-unsaturated/α-hetero) is 1. The molecule has 4 rings (SSSR count). The number of amides is 1. The normalized spacial score (nSPS) is 18.2. The SMILES string of the molecule is CCCN1C(=O)C(=O)/C(=C(/O)c2ccc(OC)cc2C)C1c1cn(C)c2ccccc12. The summed E-state index contributed by atoms with van der Waals surface area (Å²) in [5.74, 6) is -0.729. The van der Waals surface area contributed by atoms with Gasteiger partial charge in [-0.2, -0.15) is 0 Å². The van der Waals surface area contributed by atoms with Crippen molar-refractivity contribution >= 4 is 28.4 Å². The zero-order valence-corrected chi connectivity index (χ0v) is 18.2. The maximum Gasteiger partial charge on any atom is 0.295 e. The molecule has 6 nitrogen and oxygen atoms in total. The number of fused-ring (bicyclic) bond motifs is 1. The fraction of sp³-hybridized carbons (Fsp3) is 0.280. The molecule has 2 heterocycles. The van der Waals surface area contributed by atoms with E-state index in [0.717, 1.165) is 22.0 Å². The average Bonchev–Trinajstić information content (AvgIpc) is 3.22. The quantitative estimate of drug-likeness (QED) is 0.380. The van der Waals surface area contributed by atoms with E-state index in [1.165, 1.54) is 0 Å². The van der Waals surface area contributed by atoms with E-state index in [4.69, 9.17) is 4.74 Å². The van der Waals surface area contributed by atoms with Gasteiger partial charge >= 0.3 is 0 Å². The molecule has 1 saturated heterocycles. The summed E-state index contributed by atoms with van der Waals surface area (Å²) in [5, 5.41) is 12.2. The van der Waals surface area contributed by atoms with Gasteiger partial charge in [-0.3, -0.25) is 9.59 Å². The van der Waals surface area contributed by atoms with Gasteiger partial charge in [-0.15, -0.1) is 0 Å². The molecular weight excluding hydrogens is 392 g/mol. The van der Waals surface area contributed by atoms with Crippen LogP contribution < -0.4 is 4.74 Å². The number of ether oxygens (including phenoxy) is 1. The first-order valence-corrected chi connectivity index (χ1v) is 10.4. The largest absolute Gasteiger partial charge is 0.507 e. The van der Waals surface area contributed by atoms with E-state index >= 15 is 0 Å². The van der Waals surface area contributed by atoms with Gasteiger partial charge in [0.15, 0.2) is 0 Å². The minimum atomic E-state index is -0.654. The molecule has 1 unspecified atom stereocenters. The molecule has 2 aromatic carbocycles. The third-order valence-electron chi connectivity index (χ3n) is 5.92. The van der Waals surface area contributed by atoms with E-state index in [1.807, 2.05) is 55.9 Å². The van der Waals surface area contributed by atoms with Crippen LogP contribution in [0.4, 0.5) is 0 Å². The Balaban J connectivity index is 1.97. The van der Waals surface area contributed by atoms with Crippen LogP contribution in [0.2, 0.25) is 0 Å². The second kappa shape index (κ2) is 7.95. The van der Waals surface area contributed by atoms with E-state index < -0.39 is 17.7 Å². The highest BCUT2D eigenvalue weighted by Crippen LogP contribution is 2.42. The summed E-state index contributed by atoms with van der Waals surface area (Å²) in [6.07, 6.45) is 2.65. The number of hydrogen-bond acceptors (Lipinski definition) is 4. The van der Waals surface area contributed by atoms with Gasteiger partial charge in [0.2, 0.25) is 0 Å². The van der Waals surface area contributed by atoms with Crippen molar-refractivity contribution in [2.75, 3.05) is 13.7 Å². The molecule has 6 heteroatoms. The van der Waals surface area contributed by atoms with E-state index in [9.17, 15) is 14.7 Å². The third kappa shape index (κ3) is 3.28. The van der Waals surface area contributed by atoms with E-state index in [1.54, 1.807) is 30.2 Å². The minimum absolute atomic E-state index is 0.128. The van der Waals surface area contributed by atoms with Gasteiger partial charge < -0.3 is 19.3 Å². The fourth-order valence-corrected chi connectivity index (χ4v) is 4.44. The highest BCUT2D eigenvalue weighted by Gasteiger charge is 2.46. The van der Waals surface area contributed by atoms with Gasteiger partial charge in [0.25, 0.3) is 11.7 Å². The molecule has 31 heavy (non-hydrogen) atoms. The minimum Gasteiger partial charge on any atom is -0.507 e. The number of likely N-dealkylation sites (tertiary alicyclic amines) is 1. The number of benzene rings is 2. The van der Waals surface area contributed by atoms with Crippen molar-refractivity contribution in [1.82, 2.24) is 9.47 Å². The monoisotopic (exact) mass is 418 g/mol. The van der Waals surface area contributed by atoms with Crippen molar-refractivity contribution in [2.45, 2.75) is 26.3 Å². The predicted octanol–water partition coefficient (Wildman–Crippen LogP) is 4.33. The lowest BCUT2D eigenvalue weighted by atomic mass is 9.93. The Morgan fingerprint density at radius 1 is 1.16 bits per heavy atom. The number of para-hydroxylation sites is 1. The van der Waals surface area contributed by atoms with Crippen LogP contribution in [-0.2, 0) is 16.6 Å². The maximum atomic E-state index is 13.1. The average molecular weight is 418 g/mol. The van der Waals surface area contributed by atoms with Crippen LogP contribution in [0.1, 0.15) is 36.1 Å². The zero-order chi connectivity index (χ0) is 22.3. The molecule has 1 amide bonds. The van der Waals surface area contributed by atoms with Crippen LogP contribution in [-0.4, -0.2) is 39.9 Å². The lowest BCUT2D eigenvalue weighted by molar-refractivity contribution is -0.139. The molecule has 1 N–H and O–H groups in total. The van der Waals surface area contributed by atoms with Gasteiger partial charge in [-0.1, -0.05) is 25.1 Å². The van der Waals surface area contributed by atoms with Crippen molar-refractivity contribution in [3.8, 4) is 5.75 Å². The van der Waals surface area contributed by atoms with Crippen LogP contribution >= 0.6 is 0 Å². The standard InChI is InChI=1S/C25H26N2O4/c1-5-12-27-22(19-14-26(3)20-9-7-6-8-18(19)20)21(24(29)25(27)30)23(28)17-11-10-16(31-4)13-15(17)2/h6-11,13-14,22,28H,5,12H2,1-4H3/b23-21+. The second-order valence-electron chi connectivity index (χ2n) is 7.89. The molecular formula is C25H26N2O4. The third-order valence-corrected chi connectivity index (χ3v) is 5.92. The predicted molar refractivity (Wildman–Crippen MR) is 120 cm³/mol. The second-order valence-corrected chi connectivity index (χ2v) is 7.89. The van der Waals surface area contributed by atoms with Crippen molar-refractivity contribution in [3.63, 3.8) is 0 Å². The number of carbonyl (C=O) groups excluding carboxylic acids is 2. The van der Waals surface area contributed by atoms with Crippen molar-refractivity contribution in [1.29, 1.82) is 0 Å². The van der Waals surface area contributed by atoms with Crippen molar-refractivity contribution < 1.29 is 19.4 Å². The zero-order valence-electron chi connectivity index (χ0n) is 18.2. The molecule has 3 aromatic rings. The topological polar surface area (TPSA) is 71.8 Å². The summed E-state index contributed by atoms with van der Waals surface area (Å²) in [6, 6.07) is 12.5. The van der Waals surface area contributed by atoms with Gasteiger partial charge in [0.1, 0.15) is 11.5 Å². The lowest BCUT2D eigenvalue weighted by Gasteiger charge is -2.24. The number of hydrogen-bond donors (Lipinski definition) is 1. The number of methoxy groups -OCH3 is 1. The molecule has 0 aliphatic carbocycles. The molecule has 1 aliphatic heterocycles. The van der Waals surface area contributed by atoms with Crippen LogP contribution in [0, 0.1) is 6.92 Å². The molecule has 1 atom stereocenters. The smallest absolute Gasteiger partial charge is 0.295 e.